The van der Waals surface area contributed by atoms with E-state index in [0.29, 0.717) is 6.42 Å². The van der Waals surface area contributed by atoms with Crippen molar-refractivity contribution in [3.05, 3.63) is 0 Å². The van der Waals surface area contributed by atoms with Gasteiger partial charge in [0.2, 0.25) is 5.91 Å². The first-order valence-electron chi connectivity index (χ1n) is 4.75. The molecular formula is C10H21NO2. The number of amides is 1. The summed E-state index contributed by atoms with van der Waals surface area (Å²) in [5.74, 6) is 0.128. The Labute approximate surface area is 80.8 Å². The van der Waals surface area contributed by atoms with Crippen molar-refractivity contribution in [2.75, 3.05) is 13.7 Å². The zero-order valence-corrected chi connectivity index (χ0v) is 9.14. The first-order chi connectivity index (χ1) is 5.95. The fourth-order valence-electron chi connectivity index (χ4n) is 1.01. The maximum atomic E-state index is 11.3. The van der Waals surface area contributed by atoms with Crippen molar-refractivity contribution in [3.8, 4) is 0 Å². The lowest BCUT2D eigenvalue weighted by atomic mass is 10.1. The summed E-state index contributed by atoms with van der Waals surface area (Å²) in [5, 5.41) is 2.92. The molecule has 0 aromatic carbocycles. The van der Waals surface area contributed by atoms with Crippen LogP contribution in [0.2, 0.25) is 0 Å². The van der Waals surface area contributed by atoms with Crippen molar-refractivity contribution >= 4 is 5.91 Å². The number of hydrogen-bond donors (Lipinski definition) is 1. The van der Waals surface area contributed by atoms with E-state index in [4.69, 9.17) is 4.74 Å². The molecule has 0 spiro atoms. The predicted molar refractivity (Wildman–Crippen MR) is 53.6 cm³/mol. The van der Waals surface area contributed by atoms with Crippen LogP contribution in [0.3, 0.4) is 0 Å². The van der Waals surface area contributed by atoms with E-state index < -0.39 is 0 Å². The second kappa shape index (κ2) is 5.97. The topological polar surface area (TPSA) is 38.3 Å². The Morgan fingerprint density at radius 1 is 1.31 bits per heavy atom. The molecule has 0 aliphatic heterocycles. The summed E-state index contributed by atoms with van der Waals surface area (Å²) >= 11 is 0. The highest BCUT2D eigenvalue weighted by atomic mass is 16.5. The Hall–Kier alpha value is -0.570. The van der Waals surface area contributed by atoms with Gasteiger partial charge in [-0.15, -0.1) is 0 Å². The Morgan fingerprint density at radius 3 is 2.38 bits per heavy atom. The molecule has 0 unspecified atom stereocenters. The average Bonchev–Trinajstić information content (AvgIpc) is 1.94. The normalized spacial score (nSPS) is 11.4. The molecule has 78 valence electrons. The number of ether oxygens (including phenoxy) is 1. The van der Waals surface area contributed by atoms with Crippen LogP contribution in [0, 0.1) is 0 Å². The van der Waals surface area contributed by atoms with Crippen LogP contribution in [-0.2, 0) is 9.53 Å². The van der Waals surface area contributed by atoms with Gasteiger partial charge in [0, 0.05) is 25.7 Å². The Kier molecular flexibility index (Phi) is 5.71. The number of carbonyl (C=O) groups is 1. The van der Waals surface area contributed by atoms with Gasteiger partial charge in [-0.3, -0.25) is 4.79 Å². The minimum atomic E-state index is -0.113. The van der Waals surface area contributed by atoms with E-state index in [1.165, 1.54) is 0 Å². The van der Waals surface area contributed by atoms with Crippen LogP contribution >= 0.6 is 0 Å². The van der Waals surface area contributed by atoms with E-state index in [-0.39, 0.29) is 11.4 Å². The Balaban J connectivity index is 3.41. The third-order valence-corrected chi connectivity index (χ3v) is 1.52. The first-order valence-corrected chi connectivity index (χ1v) is 4.75. The van der Waals surface area contributed by atoms with Gasteiger partial charge in [0.15, 0.2) is 0 Å². The smallest absolute Gasteiger partial charge is 0.220 e. The highest BCUT2D eigenvalue weighted by molar-refractivity contribution is 5.76. The average molecular weight is 187 g/mol. The minimum absolute atomic E-state index is 0.113. The molecule has 1 N–H and O–H groups in total. The highest BCUT2D eigenvalue weighted by Crippen LogP contribution is 2.01. The lowest BCUT2D eigenvalue weighted by molar-refractivity contribution is -0.122. The van der Waals surface area contributed by atoms with Crippen molar-refractivity contribution in [1.82, 2.24) is 5.32 Å². The quantitative estimate of drug-likeness (QED) is 0.665. The molecule has 0 radical (unpaired) electrons. The van der Waals surface area contributed by atoms with Gasteiger partial charge in [0.1, 0.15) is 0 Å². The first kappa shape index (κ1) is 12.4. The molecule has 0 heterocycles. The molecule has 3 nitrogen and oxygen atoms in total. The number of methoxy groups -OCH3 is 1. The molecule has 3 heteroatoms. The summed E-state index contributed by atoms with van der Waals surface area (Å²) in [6.45, 7) is 6.70. The van der Waals surface area contributed by atoms with Crippen molar-refractivity contribution < 1.29 is 9.53 Å². The molecule has 0 rings (SSSR count). The molecule has 0 bridgehead atoms. The maximum Gasteiger partial charge on any atom is 0.220 e. The van der Waals surface area contributed by atoms with Crippen LogP contribution in [0.5, 0.6) is 0 Å². The zero-order valence-electron chi connectivity index (χ0n) is 9.14. The van der Waals surface area contributed by atoms with Gasteiger partial charge in [-0.1, -0.05) is 0 Å². The maximum absolute atomic E-state index is 11.3. The van der Waals surface area contributed by atoms with Crippen molar-refractivity contribution in [2.24, 2.45) is 0 Å². The minimum Gasteiger partial charge on any atom is -0.385 e. The predicted octanol–water partition coefficient (Wildman–Crippen LogP) is 1.72. The van der Waals surface area contributed by atoms with Crippen LogP contribution in [0.25, 0.3) is 0 Å². The van der Waals surface area contributed by atoms with Gasteiger partial charge < -0.3 is 10.1 Å². The van der Waals surface area contributed by atoms with E-state index in [9.17, 15) is 4.79 Å². The third kappa shape index (κ3) is 9.34. The number of nitrogens with one attached hydrogen (secondary N) is 1. The fourth-order valence-corrected chi connectivity index (χ4v) is 1.01. The van der Waals surface area contributed by atoms with Crippen LogP contribution in [0.4, 0.5) is 0 Å². The molecule has 0 aromatic heterocycles. The largest absolute Gasteiger partial charge is 0.385 e. The van der Waals surface area contributed by atoms with E-state index in [0.717, 1.165) is 19.4 Å². The second-order valence-electron chi connectivity index (χ2n) is 4.25. The summed E-state index contributed by atoms with van der Waals surface area (Å²) in [6, 6.07) is 0. The van der Waals surface area contributed by atoms with Crippen molar-refractivity contribution in [3.63, 3.8) is 0 Å². The lowest BCUT2D eigenvalue weighted by Crippen LogP contribution is -2.40. The zero-order chi connectivity index (χ0) is 10.3. The molecule has 0 fully saturated rings. The standard InChI is InChI=1S/C10H21NO2/c1-10(2,3)11-9(12)7-5-6-8-13-4/h5-8H2,1-4H3,(H,11,12). The van der Waals surface area contributed by atoms with Crippen LogP contribution < -0.4 is 5.32 Å². The summed E-state index contributed by atoms with van der Waals surface area (Å²) in [4.78, 5) is 11.3. The summed E-state index contributed by atoms with van der Waals surface area (Å²) in [6.07, 6.45) is 2.45. The molecule has 0 aromatic rings. The summed E-state index contributed by atoms with van der Waals surface area (Å²) in [7, 11) is 1.68. The van der Waals surface area contributed by atoms with E-state index in [1.807, 2.05) is 20.8 Å². The molecule has 0 saturated carbocycles. The van der Waals surface area contributed by atoms with Gasteiger partial charge in [-0.2, -0.15) is 0 Å². The van der Waals surface area contributed by atoms with Crippen LogP contribution in [0.15, 0.2) is 0 Å². The van der Waals surface area contributed by atoms with Gasteiger partial charge in [-0.25, -0.2) is 0 Å². The SMILES string of the molecule is COCCCCC(=O)NC(C)(C)C. The molecule has 0 aliphatic carbocycles. The summed E-state index contributed by atoms with van der Waals surface area (Å²) in [5.41, 5.74) is -0.113. The second-order valence-corrected chi connectivity index (χ2v) is 4.25. The van der Waals surface area contributed by atoms with Gasteiger partial charge >= 0.3 is 0 Å². The molecular weight excluding hydrogens is 166 g/mol. The number of hydrogen-bond acceptors (Lipinski definition) is 2. The number of carbonyl (C=O) groups excluding carboxylic acids is 1. The highest BCUT2D eigenvalue weighted by Gasteiger charge is 2.12. The third-order valence-electron chi connectivity index (χ3n) is 1.52. The lowest BCUT2D eigenvalue weighted by Gasteiger charge is -2.20. The molecule has 0 atom stereocenters. The van der Waals surface area contributed by atoms with E-state index in [2.05, 4.69) is 5.32 Å². The van der Waals surface area contributed by atoms with Gasteiger partial charge in [0.05, 0.1) is 0 Å². The monoisotopic (exact) mass is 187 g/mol. The molecule has 0 saturated heterocycles. The van der Waals surface area contributed by atoms with Crippen LogP contribution in [0.1, 0.15) is 40.0 Å². The van der Waals surface area contributed by atoms with Crippen molar-refractivity contribution in [1.29, 1.82) is 0 Å². The van der Waals surface area contributed by atoms with Gasteiger partial charge in [0.25, 0.3) is 0 Å². The molecule has 13 heavy (non-hydrogen) atoms. The Morgan fingerprint density at radius 2 is 1.92 bits per heavy atom. The van der Waals surface area contributed by atoms with Crippen LogP contribution in [-0.4, -0.2) is 25.2 Å². The molecule has 1 amide bonds. The molecule has 0 aliphatic rings. The summed E-state index contributed by atoms with van der Waals surface area (Å²) < 4.78 is 4.89. The van der Waals surface area contributed by atoms with E-state index in [1.54, 1.807) is 7.11 Å². The van der Waals surface area contributed by atoms with Crippen molar-refractivity contribution in [2.45, 2.75) is 45.6 Å². The number of unbranched alkanes of at least 4 members (excludes halogenated alkanes) is 1. The number of rotatable bonds is 5. The van der Waals surface area contributed by atoms with Gasteiger partial charge in [-0.05, 0) is 33.6 Å². The van der Waals surface area contributed by atoms with E-state index >= 15 is 0 Å². The Bertz CT molecular complexity index is 149. The fraction of sp³-hybridized carbons (Fsp3) is 0.900.